The first-order chi connectivity index (χ1) is 8.47. The SMILES string of the molecule is CC1CNCCN1c1ccccc1OC(F)(F)F. The number of nitrogens with one attached hydrogen (secondary N) is 1. The molecule has 0 radical (unpaired) electrons. The van der Waals surface area contributed by atoms with Gasteiger partial charge in [-0.15, -0.1) is 13.2 Å². The van der Waals surface area contributed by atoms with E-state index in [1.54, 1.807) is 12.1 Å². The summed E-state index contributed by atoms with van der Waals surface area (Å²) in [6.07, 6.45) is -4.66. The third-order valence-electron chi connectivity index (χ3n) is 2.90. The second-order valence-corrected chi connectivity index (χ2v) is 4.26. The Kier molecular flexibility index (Phi) is 3.65. The molecule has 1 atom stereocenters. The van der Waals surface area contributed by atoms with E-state index in [1.807, 2.05) is 11.8 Å². The molecule has 1 fully saturated rings. The number of alkyl halides is 3. The van der Waals surface area contributed by atoms with Gasteiger partial charge in [-0.05, 0) is 19.1 Å². The molecule has 1 saturated heterocycles. The van der Waals surface area contributed by atoms with Crippen LogP contribution in [0.2, 0.25) is 0 Å². The first-order valence-corrected chi connectivity index (χ1v) is 5.79. The van der Waals surface area contributed by atoms with Gasteiger partial charge in [-0.3, -0.25) is 0 Å². The summed E-state index contributed by atoms with van der Waals surface area (Å²) in [6, 6.07) is 6.39. The zero-order valence-corrected chi connectivity index (χ0v) is 10.00. The minimum atomic E-state index is -4.66. The van der Waals surface area contributed by atoms with Crippen molar-refractivity contribution in [2.45, 2.75) is 19.3 Å². The lowest BCUT2D eigenvalue weighted by atomic mass is 10.1. The maximum absolute atomic E-state index is 12.3. The number of hydrogen-bond donors (Lipinski definition) is 1. The van der Waals surface area contributed by atoms with Gasteiger partial charge in [0.1, 0.15) is 0 Å². The molecule has 0 aliphatic carbocycles. The molecule has 6 heteroatoms. The molecule has 1 aliphatic heterocycles. The van der Waals surface area contributed by atoms with Crippen LogP contribution in [-0.4, -0.2) is 32.0 Å². The minimum absolute atomic E-state index is 0.136. The number of hydrogen-bond acceptors (Lipinski definition) is 3. The number of benzene rings is 1. The smallest absolute Gasteiger partial charge is 0.404 e. The lowest BCUT2D eigenvalue weighted by Gasteiger charge is -2.36. The summed E-state index contributed by atoms with van der Waals surface area (Å²) in [5.41, 5.74) is 0.490. The van der Waals surface area contributed by atoms with Crippen LogP contribution < -0.4 is 15.0 Å². The van der Waals surface area contributed by atoms with Gasteiger partial charge in [0.2, 0.25) is 0 Å². The van der Waals surface area contributed by atoms with Crippen molar-refractivity contribution in [2.24, 2.45) is 0 Å². The highest BCUT2D eigenvalue weighted by Crippen LogP contribution is 2.33. The van der Waals surface area contributed by atoms with Crippen LogP contribution in [-0.2, 0) is 0 Å². The molecule has 1 aromatic carbocycles. The Morgan fingerprint density at radius 1 is 1.33 bits per heavy atom. The highest BCUT2D eigenvalue weighted by molar-refractivity contribution is 5.59. The van der Waals surface area contributed by atoms with Crippen LogP contribution in [0.25, 0.3) is 0 Å². The van der Waals surface area contributed by atoms with E-state index < -0.39 is 6.36 Å². The highest BCUT2D eigenvalue weighted by atomic mass is 19.4. The molecule has 2 rings (SSSR count). The number of para-hydroxylation sites is 2. The number of piperazine rings is 1. The molecule has 0 spiro atoms. The van der Waals surface area contributed by atoms with Crippen LogP contribution >= 0.6 is 0 Å². The number of ether oxygens (including phenoxy) is 1. The van der Waals surface area contributed by atoms with Crippen LogP contribution in [0, 0.1) is 0 Å². The minimum Gasteiger partial charge on any atom is -0.404 e. The zero-order valence-electron chi connectivity index (χ0n) is 10.00. The van der Waals surface area contributed by atoms with Gasteiger partial charge >= 0.3 is 6.36 Å². The summed E-state index contributed by atoms with van der Waals surface area (Å²) >= 11 is 0. The molecular formula is C12H15F3N2O. The Balaban J connectivity index is 2.26. The lowest BCUT2D eigenvalue weighted by Crippen LogP contribution is -2.50. The van der Waals surface area contributed by atoms with E-state index >= 15 is 0 Å². The summed E-state index contributed by atoms with van der Waals surface area (Å²) in [5.74, 6) is -0.140. The molecule has 0 saturated carbocycles. The average molecular weight is 260 g/mol. The van der Waals surface area contributed by atoms with Crippen molar-refractivity contribution < 1.29 is 17.9 Å². The summed E-state index contributed by atoms with van der Waals surface area (Å²) in [6.45, 7) is 4.14. The number of anilines is 1. The average Bonchev–Trinajstić information content (AvgIpc) is 2.29. The molecular weight excluding hydrogens is 245 g/mol. The third-order valence-corrected chi connectivity index (χ3v) is 2.90. The Bertz CT molecular complexity index is 409. The summed E-state index contributed by atoms with van der Waals surface area (Å²) in [5, 5.41) is 3.20. The van der Waals surface area contributed by atoms with E-state index in [0.29, 0.717) is 12.2 Å². The van der Waals surface area contributed by atoms with Crippen molar-refractivity contribution in [3.8, 4) is 5.75 Å². The van der Waals surface area contributed by atoms with Gasteiger partial charge in [0.05, 0.1) is 5.69 Å². The number of nitrogens with zero attached hydrogens (tertiary/aromatic N) is 1. The molecule has 100 valence electrons. The molecule has 1 aromatic rings. The molecule has 0 bridgehead atoms. The van der Waals surface area contributed by atoms with Gasteiger partial charge in [-0.2, -0.15) is 0 Å². The number of halogens is 3. The lowest BCUT2D eigenvalue weighted by molar-refractivity contribution is -0.274. The van der Waals surface area contributed by atoms with E-state index in [2.05, 4.69) is 10.1 Å². The van der Waals surface area contributed by atoms with Gasteiger partial charge in [-0.1, -0.05) is 12.1 Å². The van der Waals surface area contributed by atoms with E-state index in [9.17, 15) is 13.2 Å². The van der Waals surface area contributed by atoms with Gasteiger partial charge in [0, 0.05) is 25.7 Å². The van der Waals surface area contributed by atoms with Crippen LogP contribution in [0.4, 0.5) is 18.9 Å². The molecule has 1 unspecified atom stereocenters. The fraction of sp³-hybridized carbons (Fsp3) is 0.500. The topological polar surface area (TPSA) is 24.5 Å². The summed E-state index contributed by atoms with van der Waals surface area (Å²) in [4.78, 5) is 1.93. The molecule has 1 aliphatic rings. The number of rotatable bonds is 2. The predicted molar refractivity (Wildman–Crippen MR) is 62.8 cm³/mol. The standard InChI is InChI=1S/C12H15F3N2O/c1-9-8-16-6-7-17(9)10-4-2-3-5-11(10)18-12(13,14)15/h2-5,9,16H,6-8H2,1H3. The van der Waals surface area contributed by atoms with Gasteiger partial charge in [-0.25, -0.2) is 0 Å². The van der Waals surface area contributed by atoms with Crippen molar-refractivity contribution in [3.63, 3.8) is 0 Å². The van der Waals surface area contributed by atoms with Crippen molar-refractivity contribution >= 4 is 5.69 Å². The van der Waals surface area contributed by atoms with E-state index in [-0.39, 0.29) is 11.8 Å². The first-order valence-electron chi connectivity index (χ1n) is 5.79. The van der Waals surface area contributed by atoms with Crippen LogP contribution in [0.5, 0.6) is 5.75 Å². The monoisotopic (exact) mass is 260 g/mol. The molecule has 18 heavy (non-hydrogen) atoms. The van der Waals surface area contributed by atoms with E-state index in [4.69, 9.17) is 0 Å². The van der Waals surface area contributed by atoms with Gasteiger partial charge in [0.25, 0.3) is 0 Å². The van der Waals surface area contributed by atoms with Crippen molar-refractivity contribution in [3.05, 3.63) is 24.3 Å². The second kappa shape index (κ2) is 5.06. The molecule has 1 heterocycles. The van der Waals surface area contributed by atoms with Crippen molar-refractivity contribution in [1.29, 1.82) is 0 Å². The van der Waals surface area contributed by atoms with Crippen molar-refractivity contribution in [2.75, 3.05) is 24.5 Å². The van der Waals surface area contributed by atoms with E-state index in [0.717, 1.165) is 13.1 Å². The Morgan fingerprint density at radius 2 is 2.06 bits per heavy atom. The molecule has 0 amide bonds. The Labute approximate surface area is 104 Å². The maximum Gasteiger partial charge on any atom is 0.573 e. The van der Waals surface area contributed by atoms with Gasteiger partial charge in [0.15, 0.2) is 5.75 Å². The third kappa shape index (κ3) is 3.07. The predicted octanol–water partition coefficient (Wildman–Crippen LogP) is 2.38. The zero-order chi connectivity index (χ0) is 13.2. The first kappa shape index (κ1) is 13.0. The normalized spacial score (nSPS) is 20.9. The van der Waals surface area contributed by atoms with Crippen LogP contribution in [0.3, 0.4) is 0 Å². The fourth-order valence-electron chi connectivity index (χ4n) is 2.10. The molecule has 3 nitrogen and oxygen atoms in total. The van der Waals surface area contributed by atoms with E-state index in [1.165, 1.54) is 12.1 Å². The Morgan fingerprint density at radius 3 is 2.72 bits per heavy atom. The largest absolute Gasteiger partial charge is 0.573 e. The quantitative estimate of drug-likeness (QED) is 0.883. The molecule has 1 N–H and O–H groups in total. The summed E-state index contributed by atoms with van der Waals surface area (Å²) < 4.78 is 41.1. The van der Waals surface area contributed by atoms with Crippen LogP contribution in [0.1, 0.15) is 6.92 Å². The second-order valence-electron chi connectivity index (χ2n) is 4.26. The summed E-state index contributed by atoms with van der Waals surface area (Å²) in [7, 11) is 0. The van der Waals surface area contributed by atoms with Gasteiger partial charge < -0.3 is 15.0 Å². The fourth-order valence-corrected chi connectivity index (χ4v) is 2.10. The Hall–Kier alpha value is -1.43. The molecule has 0 aromatic heterocycles. The maximum atomic E-state index is 12.3. The van der Waals surface area contributed by atoms with Crippen LogP contribution in [0.15, 0.2) is 24.3 Å². The highest BCUT2D eigenvalue weighted by Gasteiger charge is 2.33. The van der Waals surface area contributed by atoms with Crippen molar-refractivity contribution in [1.82, 2.24) is 5.32 Å².